The molecule has 2 N–H and O–H groups in total. The number of fused-ring (bicyclic) bond motifs is 1. The number of halogens is 1. The number of hydrogen-bond donors (Lipinski definition) is 1. The molecular formula is C33H31FN8O. The molecule has 0 unspecified atom stereocenters. The number of pyridine rings is 1. The van der Waals surface area contributed by atoms with Crippen LogP contribution >= 0.6 is 0 Å². The highest BCUT2D eigenvalue weighted by Crippen LogP contribution is 2.41. The lowest BCUT2D eigenvalue weighted by Crippen LogP contribution is -2.60. The van der Waals surface area contributed by atoms with Crippen molar-refractivity contribution in [2.45, 2.75) is 19.4 Å². The number of likely N-dealkylation sites (tertiary alicyclic amines) is 2. The van der Waals surface area contributed by atoms with Gasteiger partial charge in [-0.05, 0) is 78.4 Å². The average molecular weight is 575 g/mol. The lowest BCUT2D eigenvalue weighted by molar-refractivity contribution is -0.131. The summed E-state index contributed by atoms with van der Waals surface area (Å²) in [6.45, 7) is 8.18. The van der Waals surface area contributed by atoms with Crippen LogP contribution in [-0.4, -0.2) is 66.4 Å². The average Bonchev–Trinajstić information content (AvgIpc) is 3.40. The first kappa shape index (κ1) is 26.9. The van der Waals surface area contributed by atoms with Crippen LogP contribution in [0.5, 0.6) is 0 Å². The standard InChI is InChI=1S/C33H31FN8O/c1-2-28(43)41-16-13-33(14-17-41)20-40(21-33)19-22-5-11-25(12-6-22)42-31(26-4-3-15-36-29(26)35)39-30-32(42)38-27(18-37-30)23-7-9-24(34)10-8-23/h2-12,15,18H,1,13-14,16-17,19-21H2,(H2,35,36). The van der Waals surface area contributed by atoms with Crippen molar-refractivity contribution in [1.29, 1.82) is 0 Å². The van der Waals surface area contributed by atoms with Crippen molar-refractivity contribution in [2.75, 3.05) is 31.9 Å². The highest BCUT2D eigenvalue weighted by Gasteiger charge is 2.44. The Kier molecular flexibility index (Phi) is 6.70. The third-order valence-corrected chi connectivity index (χ3v) is 8.62. The van der Waals surface area contributed by atoms with Gasteiger partial charge in [0.05, 0.1) is 17.5 Å². The highest BCUT2D eigenvalue weighted by molar-refractivity contribution is 5.87. The van der Waals surface area contributed by atoms with Crippen molar-refractivity contribution in [1.82, 2.24) is 34.3 Å². The minimum absolute atomic E-state index is 0.0313. The number of hydrogen-bond acceptors (Lipinski definition) is 7. The van der Waals surface area contributed by atoms with E-state index in [-0.39, 0.29) is 11.7 Å². The molecule has 0 saturated carbocycles. The summed E-state index contributed by atoms with van der Waals surface area (Å²) in [4.78, 5) is 34.9. The van der Waals surface area contributed by atoms with Gasteiger partial charge in [0, 0.05) is 50.2 Å². The van der Waals surface area contributed by atoms with Crippen LogP contribution in [0.15, 0.2) is 85.7 Å². The number of carbonyl (C=O) groups is 1. The van der Waals surface area contributed by atoms with Crippen molar-refractivity contribution < 1.29 is 9.18 Å². The minimum atomic E-state index is -0.309. The SMILES string of the molecule is C=CC(=O)N1CCC2(CC1)CN(Cc1ccc(-n3c(-c4cccnc4N)nc4ncc(-c5ccc(F)cc5)nc43)cc1)C2. The number of benzene rings is 2. The van der Waals surface area contributed by atoms with Gasteiger partial charge in [-0.2, -0.15) is 0 Å². The Morgan fingerprint density at radius 3 is 2.44 bits per heavy atom. The zero-order valence-electron chi connectivity index (χ0n) is 23.7. The van der Waals surface area contributed by atoms with Crippen molar-refractivity contribution in [2.24, 2.45) is 5.41 Å². The third kappa shape index (κ3) is 5.03. The van der Waals surface area contributed by atoms with E-state index in [2.05, 4.69) is 45.7 Å². The minimum Gasteiger partial charge on any atom is -0.383 e. The van der Waals surface area contributed by atoms with Gasteiger partial charge in [-0.15, -0.1) is 0 Å². The molecular weight excluding hydrogens is 543 g/mol. The monoisotopic (exact) mass is 574 g/mol. The summed E-state index contributed by atoms with van der Waals surface area (Å²) < 4.78 is 15.5. The molecule has 0 bridgehead atoms. The molecule has 10 heteroatoms. The maximum Gasteiger partial charge on any atom is 0.245 e. The molecule has 216 valence electrons. The van der Waals surface area contributed by atoms with Crippen LogP contribution < -0.4 is 5.73 Å². The molecule has 2 aliphatic heterocycles. The molecule has 3 aromatic heterocycles. The number of rotatable bonds is 6. The molecule has 2 aliphatic rings. The van der Waals surface area contributed by atoms with E-state index in [1.54, 1.807) is 24.5 Å². The van der Waals surface area contributed by atoms with Crippen LogP contribution in [0.2, 0.25) is 0 Å². The lowest BCUT2D eigenvalue weighted by Gasteiger charge is -2.54. The number of amides is 1. The summed E-state index contributed by atoms with van der Waals surface area (Å²) in [5.74, 6) is 0.677. The molecule has 2 saturated heterocycles. The molecule has 1 amide bonds. The molecule has 0 atom stereocenters. The van der Waals surface area contributed by atoms with Crippen LogP contribution in [-0.2, 0) is 11.3 Å². The smallest absolute Gasteiger partial charge is 0.245 e. The second-order valence-electron chi connectivity index (χ2n) is 11.5. The van der Waals surface area contributed by atoms with E-state index in [0.29, 0.717) is 39.6 Å². The van der Waals surface area contributed by atoms with Crippen molar-refractivity contribution in [3.8, 4) is 28.3 Å². The van der Waals surface area contributed by atoms with E-state index in [1.807, 2.05) is 21.6 Å². The van der Waals surface area contributed by atoms with Gasteiger partial charge in [-0.25, -0.2) is 24.3 Å². The molecule has 2 aromatic carbocycles. The van der Waals surface area contributed by atoms with Crippen LogP contribution in [0.3, 0.4) is 0 Å². The predicted octanol–water partition coefficient (Wildman–Crippen LogP) is 4.88. The van der Waals surface area contributed by atoms with Crippen LogP contribution in [0.4, 0.5) is 10.2 Å². The van der Waals surface area contributed by atoms with E-state index in [0.717, 1.165) is 56.8 Å². The van der Waals surface area contributed by atoms with Crippen LogP contribution in [0, 0.1) is 11.2 Å². The Hall–Kier alpha value is -4.96. The van der Waals surface area contributed by atoms with Gasteiger partial charge in [0.2, 0.25) is 5.91 Å². The first-order valence-electron chi connectivity index (χ1n) is 14.4. The molecule has 9 nitrogen and oxygen atoms in total. The zero-order chi connectivity index (χ0) is 29.6. The molecule has 43 heavy (non-hydrogen) atoms. The second-order valence-corrected chi connectivity index (χ2v) is 11.5. The number of imidazole rings is 1. The molecule has 5 aromatic rings. The summed E-state index contributed by atoms with van der Waals surface area (Å²) in [5.41, 5.74) is 11.8. The lowest BCUT2D eigenvalue weighted by atomic mass is 9.72. The topological polar surface area (TPSA) is 106 Å². The molecule has 0 radical (unpaired) electrons. The van der Waals surface area contributed by atoms with Gasteiger partial charge in [-0.3, -0.25) is 14.3 Å². The van der Waals surface area contributed by atoms with E-state index in [4.69, 9.17) is 15.7 Å². The quantitative estimate of drug-likeness (QED) is 0.288. The maximum atomic E-state index is 13.6. The summed E-state index contributed by atoms with van der Waals surface area (Å²) >= 11 is 0. The van der Waals surface area contributed by atoms with Gasteiger partial charge < -0.3 is 10.6 Å². The summed E-state index contributed by atoms with van der Waals surface area (Å²) in [6, 6.07) is 18.3. The van der Waals surface area contributed by atoms with Crippen molar-refractivity contribution in [3.63, 3.8) is 0 Å². The predicted molar refractivity (Wildman–Crippen MR) is 163 cm³/mol. The Morgan fingerprint density at radius 2 is 1.74 bits per heavy atom. The van der Waals surface area contributed by atoms with E-state index in [1.165, 1.54) is 23.8 Å². The van der Waals surface area contributed by atoms with Gasteiger partial charge in [0.15, 0.2) is 17.1 Å². The molecule has 2 fully saturated rings. The fourth-order valence-electron chi connectivity index (χ4n) is 6.31. The number of carbonyl (C=O) groups excluding carboxylic acids is 1. The normalized spacial score (nSPS) is 16.3. The van der Waals surface area contributed by atoms with Gasteiger partial charge in [0.1, 0.15) is 11.6 Å². The largest absolute Gasteiger partial charge is 0.383 e. The van der Waals surface area contributed by atoms with Crippen LogP contribution in [0.1, 0.15) is 18.4 Å². The third-order valence-electron chi connectivity index (χ3n) is 8.62. The van der Waals surface area contributed by atoms with Gasteiger partial charge in [0.25, 0.3) is 0 Å². The fraction of sp³-hybridized carbons (Fsp3) is 0.242. The van der Waals surface area contributed by atoms with Crippen LogP contribution in [0.25, 0.3) is 39.6 Å². The Morgan fingerprint density at radius 1 is 1.00 bits per heavy atom. The second kappa shape index (κ2) is 10.7. The molecule has 1 spiro atoms. The summed E-state index contributed by atoms with van der Waals surface area (Å²) in [6.07, 6.45) is 6.78. The van der Waals surface area contributed by atoms with E-state index in [9.17, 15) is 9.18 Å². The fourth-order valence-corrected chi connectivity index (χ4v) is 6.31. The number of nitrogens with zero attached hydrogens (tertiary/aromatic N) is 7. The highest BCUT2D eigenvalue weighted by atomic mass is 19.1. The maximum absolute atomic E-state index is 13.6. The summed E-state index contributed by atoms with van der Waals surface area (Å²) in [5, 5.41) is 0. The van der Waals surface area contributed by atoms with E-state index < -0.39 is 0 Å². The number of nitrogens with two attached hydrogens (primary N) is 1. The first-order chi connectivity index (χ1) is 20.9. The molecule has 5 heterocycles. The molecule has 0 aliphatic carbocycles. The van der Waals surface area contributed by atoms with E-state index >= 15 is 0 Å². The number of aromatic nitrogens is 5. The van der Waals surface area contributed by atoms with Crippen molar-refractivity contribution in [3.05, 3.63) is 97.1 Å². The van der Waals surface area contributed by atoms with Crippen molar-refractivity contribution >= 4 is 23.0 Å². The Labute approximate surface area is 248 Å². The zero-order valence-corrected chi connectivity index (χ0v) is 23.7. The van der Waals surface area contributed by atoms with Gasteiger partial charge >= 0.3 is 0 Å². The summed E-state index contributed by atoms with van der Waals surface area (Å²) in [7, 11) is 0. The Balaban J connectivity index is 1.16. The number of anilines is 1. The van der Waals surface area contributed by atoms with Gasteiger partial charge in [-0.1, -0.05) is 18.7 Å². The number of nitrogen functional groups attached to an aromatic ring is 1. The molecule has 7 rings (SSSR count). The first-order valence-corrected chi connectivity index (χ1v) is 14.4. The Bertz CT molecular complexity index is 1820. The number of piperidine rings is 1.